The molecule has 0 radical (unpaired) electrons. The number of carbonyl (C=O) groups is 2. The fourth-order valence-corrected chi connectivity index (χ4v) is 2.47. The SMILES string of the molecule is CC(=O)NCCC(=O)Nc1nnc(Cc2ccccc2)s1. The van der Waals surface area contributed by atoms with Crippen molar-refractivity contribution in [1.82, 2.24) is 15.5 Å². The maximum Gasteiger partial charge on any atom is 0.227 e. The molecule has 0 aliphatic carbocycles. The number of aromatic nitrogens is 2. The van der Waals surface area contributed by atoms with E-state index < -0.39 is 0 Å². The zero-order valence-electron chi connectivity index (χ0n) is 11.6. The largest absolute Gasteiger partial charge is 0.356 e. The van der Waals surface area contributed by atoms with Gasteiger partial charge in [0.25, 0.3) is 0 Å². The smallest absolute Gasteiger partial charge is 0.227 e. The average molecular weight is 304 g/mol. The van der Waals surface area contributed by atoms with E-state index in [-0.39, 0.29) is 18.2 Å². The Morgan fingerprint density at radius 1 is 1.19 bits per heavy atom. The molecule has 1 aromatic carbocycles. The van der Waals surface area contributed by atoms with Gasteiger partial charge in [0.1, 0.15) is 5.01 Å². The summed E-state index contributed by atoms with van der Waals surface area (Å²) in [7, 11) is 0. The molecule has 0 spiro atoms. The standard InChI is InChI=1S/C14H16N4O2S/c1-10(19)15-8-7-12(20)16-14-18-17-13(21-14)9-11-5-3-2-4-6-11/h2-6H,7-9H2,1H3,(H,15,19)(H,16,18,20). The summed E-state index contributed by atoms with van der Waals surface area (Å²) in [6.45, 7) is 1.73. The molecule has 2 N–H and O–H groups in total. The molecule has 0 unspecified atom stereocenters. The minimum Gasteiger partial charge on any atom is -0.356 e. The molecule has 0 aliphatic rings. The van der Waals surface area contributed by atoms with Crippen LogP contribution in [-0.2, 0) is 16.0 Å². The normalized spacial score (nSPS) is 10.1. The number of nitrogens with one attached hydrogen (secondary N) is 2. The Morgan fingerprint density at radius 2 is 1.95 bits per heavy atom. The molecular weight excluding hydrogens is 288 g/mol. The Balaban J connectivity index is 1.82. The lowest BCUT2D eigenvalue weighted by Crippen LogP contribution is -2.25. The highest BCUT2D eigenvalue weighted by molar-refractivity contribution is 7.15. The van der Waals surface area contributed by atoms with Crippen LogP contribution in [0.1, 0.15) is 23.9 Å². The number of amides is 2. The Kier molecular flexibility index (Phi) is 5.39. The molecule has 110 valence electrons. The monoisotopic (exact) mass is 304 g/mol. The number of carbonyl (C=O) groups excluding carboxylic acids is 2. The molecule has 0 fully saturated rings. The van der Waals surface area contributed by atoms with Gasteiger partial charge in [-0.3, -0.25) is 9.59 Å². The van der Waals surface area contributed by atoms with Crippen LogP contribution >= 0.6 is 11.3 Å². The summed E-state index contributed by atoms with van der Waals surface area (Å²) in [5, 5.41) is 14.6. The first-order valence-corrected chi connectivity index (χ1v) is 7.36. The van der Waals surface area contributed by atoms with Gasteiger partial charge < -0.3 is 10.6 Å². The van der Waals surface area contributed by atoms with E-state index in [0.29, 0.717) is 18.1 Å². The third-order valence-corrected chi connectivity index (χ3v) is 3.48. The van der Waals surface area contributed by atoms with Crippen LogP contribution in [0.15, 0.2) is 30.3 Å². The molecule has 0 saturated heterocycles. The number of rotatable bonds is 6. The molecule has 1 heterocycles. The summed E-state index contributed by atoms with van der Waals surface area (Å²) in [6.07, 6.45) is 0.910. The minimum absolute atomic E-state index is 0.149. The Labute approximate surface area is 126 Å². The van der Waals surface area contributed by atoms with Crippen molar-refractivity contribution in [3.05, 3.63) is 40.9 Å². The molecule has 6 nitrogen and oxygen atoms in total. The summed E-state index contributed by atoms with van der Waals surface area (Å²) in [6, 6.07) is 9.95. The fraction of sp³-hybridized carbons (Fsp3) is 0.286. The van der Waals surface area contributed by atoms with Crippen LogP contribution in [0.5, 0.6) is 0 Å². The summed E-state index contributed by atoms with van der Waals surface area (Å²) < 4.78 is 0. The molecule has 2 aromatic rings. The average Bonchev–Trinajstić information content (AvgIpc) is 2.86. The van der Waals surface area contributed by atoms with Crippen LogP contribution in [0.3, 0.4) is 0 Å². The van der Waals surface area contributed by atoms with Crippen molar-refractivity contribution in [2.24, 2.45) is 0 Å². The summed E-state index contributed by atoms with van der Waals surface area (Å²) in [5.41, 5.74) is 1.15. The van der Waals surface area contributed by atoms with Crippen LogP contribution in [0, 0.1) is 0 Å². The summed E-state index contributed by atoms with van der Waals surface area (Å²) >= 11 is 1.35. The highest BCUT2D eigenvalue weighted by atomic mass is 32.1. The first-order valence-electron chi connectivity index (χ1n) is 6.54. The quantitative estimate of drug-likeness (QED) is 0.849. The molecular formula is C14H16N4O2S. The third kappa shape index (κ3) is 5.31. The predicted octanol–water partition coefficient (Wildman–Crippen LogP) is 1.59. The number of hydrogen-bond donors (Lipinski definition) is 2. The van der Waals surface area contributed by atoms with Gasteiger partial charge in [-0.05, 0) is 5.56 Å². The van der Waals surface area contributed by atoms with E-state index in [0.717, 1.165) is 10.6 Å². The van der Waals surface area contributed by atoms with E-state index in [1.165, 1.54) is 18.3 Å². The second-order valence-electron chi connectivity index (χ2n) is 4.44. The number of benzene rings is 1. The zero-order chi connectivity index (χ0) is 15.1. The van der Waals surface area contributed by atoms with Crippen LogP contribution < -0.4 is 10.6 Å². The van der Waals surface area contributed by atoms with Crippen molar-refractivity contribution in [3.63, 3.8) is 0 Å². The topological polar surface area (TPSA) is 84.0 Å². The van der Waals surface area contributed by atoms with Crippen molar-refractivity contribution in [2.75, 3.05) is 11.9 Å². The second kappa shape index (κ2) is 7.49. The fourth-order valence-electron chi connectivity index (χ4n) is 1.68. The van der Waals surface area contributed by atoms with Crippen LogP contribution in [-0.4, -0.2) is 28.6 Å². The van der Waals surface area contributed by atoms with Crippen LogP contribution in [0.25, 0.3) is 0 Å². The predicted molar refractivity (Wildman–Crippen MR) is 81.1 cm³/mol. The molecule has 7 heteroatoms. The van der Waals surface area contributed by atoms with E-state index in [1.54, 1.807) is 0 Å². The van der Waals surface area contributed by atoms with Crippen molar-refractivity contribution in [1.29, 1.82) is 0 Å². The highest BCUT2D eigenvalue weighted by Gasteiger charge is 2.08. The first kappa shape index (κ1) is 15.1. The summed E-state index contributed by atoms with van der Waals surface area (Å²) in [5.74, 6) is -0.338. The molecule has 1 aromatic heterocycles. The number of hydrogen-bond acceptors (Lipinski definition) is 5. The van der Waals surface area contributed by atoms with Crippen molar-refractivity contribution in [2.45, 2.75) is 19.8 Å². The lowest BCUT2D eigenvalue weighted by Gasteiger charge is -2.01. The maximum absolute atomic E-state index is 11.6. The lowest BCUT2D eigenvalue weighted by atomic mass is 10.2. The van der Waals surface area contributed by atoms with E-state index in [9.17, 15) is 9.59 Å². The van der Waals surface area contributed by atoms with Crippen LogP contribution in [0.4, 0.5) is 5.13 Å². The molecule has 0 bridgehead atoms. The van der Waals surface area contributed by atoms with Gasteiger partial charge in [0.15, 0.2) is 0 Å². The molecule has 21 heavy (non-hydrogen) atoms. The number of anilines is 1. The van der Waals surface area contributed by atoms with Gasteiger partial charge in [-0.1, -0.05) is 41.7 Å². The van der Waals surface area contributed by atoms with Gasteiger partial charge in [-0.25, -0.2) is 0 Å². The van der Waals surface area contributed by atoms with Crippen LogP contribution in [0.2, 0.25) is 0 Å². The van der Waals surface area contributed by atoms with E-state index >= 15 is 0 Å². The summed E-state index contributed by atoms with van der Waals surface area (Å²) in [4.78, 5) is 22.3. The maximum atomic E-state index is 11.6. The van der Waals surface area contributed by atoms with E-state index in [2.05, 4.69) is 20.8 Å². The van der Waals surface area contributed by atoms with Gasteiger partial charge in [-0.15, -0.1) is 10.2 Å². The molecule has 2 amide bonds. The van der Waals surface area contributed by atoms with Gasteiger partial charge >= 0.3 is 0 Å². The second-order valence-corrected chi connectivity index (χ2v) is 5.51. The van der Waals surface area contributed by atoms with Crippen molar-refractivity contribution in [3.8, 4) is 0 Å². The zero-order valence-corrected chi connectivity index (χ0v) is 12.4. The number of nitrogens with zero attached hydrogens (tertiary/aromatic N) is 2. The van der Waals surface area contributed by atoms with E-state index in [1.807, 2.05) is 30.3 Å². The lowest BCUT2D eigenvalue weighted by molar-refractivity contribution is -0.119. The first-order chi connectivity index (χ1) is 10.1. The molecule has 0 aliphatic heterocycles. The third-order valence-electron chi connectivity index (χ3n) is 2.64. The molecule has 0 saturated carbocycles. The van der Waals surface area contributed by atoms with Crippen molar-refractivity contribution < 1.29 is 9.59 Å². The van der Waals surface area contributed by atoms with Gasteiger partial charge in [0, 0.05) is 26.3 Å². The Bertz CT molecular complexity index is 612. The Morgan fingerprint density at radius 3 is 2.67 bits per heavy atom. The minimum atomic E-state index is -0.189. The molecule has 2 rings (SSSR count). The van der Waals surface area contributed by atoms with Crippen molar-refractivity contribution >= 4 is 28.3 Å². The highest BCUT2D eigenvalue weighted by Crippen LogP contribution is 2.18. The van der Waals surface area contributed by atoms with Gasteiger partial charge in [-0.2, -0.15) is 0 Å². The van der Waals surface area contributed by atoms with Gasteiger partial charge in [0.05, 0.1) is 0 Å². The van der Waals surface area contributed by atoms with Gasteiger partial charge in [0.2, 0.25) is 16.9 Å². The molecule has 0 atom stereocenters. The Hall–Kier alpha value is -2.28. The van der Waals surface area contributed by atoms with E-state index in [4.69, 9.17) is 0 Å².